The number of hydrogen-bond acceptors (Lipinski definition) is 7. The number of fused-ring (bicyclic) bond motifs is 14. The molecule has 10 heteroatoms. The van der Waals surface area contributed by atoms with Crippen LogP contribution in [-0.4, -0.2) is 43.6 Å². The van der Waals surface area contributed by atoms with Crippen LogP contribution >= 0.6 is 11.3 Å². The summed E-state index contributed by atoms with van der Waals surface area (Å²) in [5.74, 6) is 3.64. The van der Waals surface area contributed by atoms with Crippen LogP contribution in [0.2, 0.25) is 0 Å². The molecule has 6 aromatic heterocycles. The Morgan fingerprint density at radius 1 is 0.239 bits per heavy atom. The molecule has 0 aliphatic carbocycles. The molecule has 18 rings (SSSR count). The number of aromatic nitrogens is 9. The van der Waals surface area contributed by atoms with Gasteiger partial charge >= 0.3 is 0 Å². The predicted molar refractivity (Wildman–Crippen MR) is 362 cm³/mol. The molecule has 0 amide bonds. The molecular weight excluding hydrogens is 1090 g/mol. The van der Waals surface area contributed by atoms with E-state index in [1.165, 1.54) is 41.7 Å². The van der Waals surface area contributed by atoms with E-state index in [1.807, 2.05) is 90.2 Å². The molecule has 410 valence electrons. The summed E-state index contributed by atoms with van der Waals surface area (Å²) in [5.41, 5.74) is 15.4. The van der Waals surface area contributed by atoms with Crippen molar-refractivity contribution in [1.29, 1.82) is 0 Å². The third-order valence-electron chi connectivity index (χ3n) is 17.1. The second kappa shape index (κ2) is 20.0. The van der Waals surface area contributed by atoms with Gasteiger partial charge in [-0.25, -0.2) is 19.9 Å². The fourth-order valence-corrected chi connectivity index (χ4v) is 14.4. The zero-order valence-corrected chi connectivity index (χ0v) is 47.9. The zero-order valence-electron chi connectivity index (χ0n) is 47.1. The summed E-state index contributed by atoms with van der Waals surface area (Å²) in [4.78, 5) is 31.1. The molecule has 0 unspecified atom stereocenters. The van der Waals surface area contributed by atoms with Crippen LogP contribution in [0, 0.1) is 0 Å². The SMILES string of the molecule is c1ccc(-c2nc(-c3ccccc3)nc(-c3ccc(-n4c5ccccc5c5c4ccc4c6ccccc6n(-c6cccc(-c7cccc(-c8nc(-c9ccccc9)nc(-n9c%10ccccc%10c%10ccc%11c%12ccccc%12sc%11c%109)n8)c7)c6)c45)cc3)n2)cc1. The van der Waals surface area contributed by atoms with Crippen molar-refractivity contribution in [2.45, 2.75) is 0 Å². The Morgan fingerprint density at radius 3 is 1.32 bits per heavy atom. The summed E-state index contributed by atoms with van der Waals surface area (Å²) in [7, 11) is 0. The fourth-order valence-electron chi connectivity index (χ4n) is 13.2. The lowest BCUT2D eigenvalue weighted by atomic mass is 10.0. The van der Waals surface area contributed by atoms with Crippen LogP contribution in [0.25, 0.3) is 171 Å². The Hall–Kier alpha value is -11.7. The van der Waals surface area contributed by atoms with E-state index in [9.17, 15) is 0 Å². The number of rotatable bonds is 9. The minimum Gasteiger partial charge on any atom is -0.309 e. The molecule has 0 fully saturated rings. The summed E-state index contributed by atoms with van der Waals surface area (Å²) in [6.07, 6.45) is 0. The van der Waals surface area contributed by atoms with E-state index < -0.39 is 0 Å². The van der Waals surface area contributed by atoms with Crippen molar-refractivity contribution >= 4 is 96.9 Å². The maximum absolute atomic E-state index is 5.45. The van der Waals surface area contributed by atoms with Crippen molar-refractivity contribution in [2.75, 3.05) is 0 Å². The predicted octanol–water partition coefficient (Wildman–Crippen LogP) is 19.7. The van der Waals surface area contributed by atoms with Crippen LogP contribution in [0.4, 0.5) is 0 Å². The van der Waals surface area contributed by atoms with Gasteiger partial charge in [-0.2, -0.15) is 9.97 Å². The Balaban J connectivity index is 0.771. The summed E-state index contributed by atoms with van der Waals surface area (Å²) in [5, 5.41) is 9.49. The van der Waals surface area contributed by atoms with Gasteiger partial charge in [-0.15, -0.1) is 11.3 Å². The van der Waals surface area contributed by atoms with Crippen molar-refractivity contribution in [3.8, 4) is 85.4 Å². The molecule has 0 N–H and O–H groups in total. The highest BCUT2D eigenvalue weighted by molar-refractivity contribution is 7.26. The zero-order chi connectivity index (χ0) is 57.8. The van der Waals surface area contributed by atoms with Crippen molar-refractivity contribution in [1.82, 2.24) is 43.6 Å². The first kappa shape index (κ1) is 49.7. The van der Waals surface area contributed by atoms with Gasteiger partial charge in [0.2, 0.25) is 5.95 Å². The maximum atomic E-state index is 5.45. The molecule has 0 aliphatic heterocycles. The first-order chi connectivity index (χ1) is 43.6. The number of nitrogens with zero attached hydrogens (tertiary/aromatic N) is 9. The van der Waals surface area contributed by atoms with Crippen LogP contribution in [0.1, 0.15) is 0 Å². The van der Waals surface area contributed by atoms with Gasteiger partial charge in [0.15, 0.2) is 29.1 Å². The topological polar surface area (TPSA) is 92.1 Å². The molecule has 88 heavy (non-hydrogen) atoms. The largest absolute Gasteiger partial charge is 0.309 e. The summed E-state index contributed by atoms with van der Waals surface area (Å²) in [6, 6.07) is 101. The standard InChI is InChI=1S/C78H47N9S/c1-4-20-48(21-5-1)73-79-74(49-22-6-2-7-23-49)81-75(80-73)51-38-40-55(41-39-51)85-66-36-16-12-33-63(66)69-67(85)45-44-60-57-30-10-14-34-64(57)86(70(60)69)56-29-19-27-53(47-56)52-26-18-28-54(46-52)77-82-76(50-24-8-3-9-25-50)83-78(84-77)87-65-35-15-11-31-58(65)61-42-43-62-59-32-13-17-37-68(59)88-72(62)71(61)87/h1-47H. The highest BCUT2D eigenvalue weighted by Gasteiger charge is 2.24. The molecule has 6 heterocycles. The van der Waals surface area contributed by atoms with Crippen molar-refractivity contribution < 1.29 is 0 Å². The first-order valence-corrected chi connectivity index (χ1v) is 30.2. The average molecular weight is 1140 g/mol. The van der Waals surface area contributed by atoms with Gasteiger partial charge in [-0.05, 0) is 83.9 Å². The molecular formula is C78H47N9S. The van der Waals surface area contributed by atoms with Gasteiger partial charge in [-0.1, -0.05) is 212 Å². The minimum atomic E-state index is 0.568. The van der Waals surface area contributed by atoms with E-state index in [2.05, 4.69) is 220 Å². The van der Waals surface area contributed by atoms with Gasteiger partial charge in [0.05, 0.1) is 37.8 Å². The van der Waals surface area contributed by atoms with Crippen LogP contribution in [0.15, 0.2) is 285 Å². The molecule has 0 radical (unpaired) electrons. The van der Waals surface area contributed by atoms with Crippen LogP contribution in [0.3, 0.4) is 0 Å². The molecule has 0 aliphatic rings. The third kappa shape index (κ3) is 7.93. The Labute approximate surface area is 508 Å². The highest BCUT2D eigenvalue weighted by Crippen LogP contribution is 2.45. The van der Waals surface area contributed by atoms with Crippen LogP contribution in [0.5, 0.6) is 0 Å². The van der Waals surface area contributed by atoms with E-state index in [4.69, 9.17) is 29.9 Å². The summed E-state index contributed by atoms with van der Waals surface area (Å²) in [6.45, 7) is 0. The van der Waals surface area contributed by atoms with Crippen molar-refractivity contribution in [3.63, 3.8) is 0 Å². The lowest BCUT2D eigenvalue weighted by Crippen LogP contribution is -2.06. The fraction of sp³-hybridized carbons (Fsp3) is 0. The van der Waals surface area contributed by atoms with E-state index in [0.717, 1.165) is 94.2 Å². The number of hydrogen-bond donors (Lipinski definition) is 0. The second-order valence-electron chi connectivity index (χ2n) is 22.2. The average Bonchev–Trinajstić information content (AvgIpc) is 1.59. The molecule has 9 nitrogen and oxygen atoms in total. The number of benzene rings is 12. The normalized spacial score (nSPS) is 11.9. The lowest BCUT2D eigenvalue weighted by molar-refractivity contribution is 0.955. The summed E-state index contributed by atoms with van der Waals surface area (Å²) >= 11 is 1.82. The molecule has 12 aromatic carbocycles. The Morgan fingerprint density at radius 2 is 0.682 bits per heavy atom. The number of thiophene rings is 1. The highest BCUT2D eigenvalue weighted by atomic mass is 32.1. The number of para-hydroxylation sites is 3. The third-order valence-corrected chi connectivity index (χ3v) is 18.3. The van der Waals surface area contributed by atoms with Crippen molar-refractivity contribution in [2.24, 2.45) is 0 Å². The molecule has 0 saturated heterocycles. The smallest absolute Gasteiger partial charge is 0.238 e. The second-order valence-corrected chi connectivity index (χ2v) is 23.3. The van der Waals surface area contributed by atoms with E-state index in [1.54, 1.807) is 0 Å². The molecule has 0 atom stereocenters. The van der Waals surface area contributed by atoms with Gasteiger partial charge in [0, 0.05) is 87.0 Å². The van der Waals surface area contributed by atoms with E-state index >= 15 is 0 Å². The summed E-state index contributed by atoms with van der Waals surface area (Å²) < 4.78 is 9.55. The van der Waals surface area contributed by atoms with Crippen molar-refractivity contribution in [3.05, 3.63) is 285 Å². The van der Waals surface area contributed by atoms with Gasteiger partial charge in [0.1, 0.15) is 0 Å². The first-order valence-electron chi connectivity index (χ1n) is 29.4. The van der Waals surface area contributed by atoms with Crippen LogP contribution < -0.4 is 0 Å². The Bertz CT molecular complexity index is 5750. The van der Waals surface area contributed by atoms with Gasteiger partial charge in [-0.3, -0.25) is 4.57 Å². The van der Waals surface area contributed by atoms with Crippen LogP contribution in [-0.2, 0) is 0 Å². The maximum Gasteiger partial charge on any atom is 0.238 e. The molecule has 0 saturated carbocycles. The van der Waals surface area contributed by atoms with E-state index in [0.29, 0.717) is 35.1 Å². The van der Waals surface area contributed by atoms with Gasteiger partial charge in [0.25, 0.3) is 0 Å². The molecule has 0 bridgehead atoms. The molecule has 18 aromatic rings. The van der Waals surface area contributed by atoms with E-state index in [-0.39, 0.29) is 0 Å². The Kier molecular flexibility index (Phi) is 11.3. The monoisotopic (exact) mass is 1140 g/mol. The van der Waals surface area contributed by atoms with Gasteiger partial charge < -0.3 is 9.13 Å². The lowest BCUT2D eigenvalue weighted by Gasteiger charge is -2.13. The quantitative estimate of drug-likeness (QED) is 0.143. The molecule has 0 spiro atoms. The minimum absolute atomic E-state index is 0.568.